The fourth-order valence-electron chi connectivity index (χ4n) is 2.59. The van der Waals surface area contributed by atoms with E-state index in [1.807, 2.05) is 30.3 Å². The Balaban J connectivity index is 0.00000242. The van der Waals surface area contributed by atoms with E-state index in [0.29, 0.717) is 13.0 Å². The van der Waals surface area contributed by atoms with E-state index >= 15 is 0 Å². The monoisotopic (exact) mass is 325 g/mol. The second kappa shape index (κ2) is 8.76. The lowest BCUT2D eigenvalue weighted by molar-refractivity contribution is -0.130. The number of carbonyl (C=O) groups is 2. The molecule has 1 fully saturated rings. The lowest BCUT2D eigenvalue weighted by Crippen LogP contribution is -2.46. The Morgan fingerprint density at radius 3 is 2.55 bits per heavy atom. The molecule has 0 saturated heterocycles. The minimum atomic E-state index is -0.530. The van der Waals surface area contributed by atoms with Crippen molar-refractivity contribution in [2.45, 2.75) is 44.8 Å². The van der Waals surface area contributed by atoms with E-state index in [2.05, 4.69) is 10.6 Å². The van der Waals surface area contributed by atoms with E-state index in [1.54, 1.807) is 6.92 Å². The minimum absolute atomic E-state index is 0. The molecule has 6 heteroatoms. The van der Waals surface area contributed by atoms with Gasteiger partial charge in [-0.05, 0) is 31.7 Å². The summed E-state index contributed by atoms with van der Waals surface area (Å²) >= 11 is 0. The Labute approximate surface area is 137 Å². The molecule has 0 aliphatic heterocycles. The topological polar surface area (TPSA) is 84.2 Å². The zero-order chi connectivity index (χ0) is 15.2. The van der Waals surface area contributed by atoms with Gasteiger partial charge in [0, 0.05) is 18.5 Å². The first-order valence-corrected chi connectivity index (χ1v) is 7.44. The predicted octanol–water partition coefficient (Wildman–Crippen LogP) is 1.36. The van der Waals surface area contributed by atoms with E-state index in [1.165, 1.54) is 0 Å². The third-order valence-corrected chi connectivity index (χ3v) is 3.91. The molecule has 1 aromatic carbocycles. The summed E-state index contributed by atoms with van der Waals surface area (Å²) in [6.45, 7) is 2.17. The maximum absolute atomic E-state index is 12.0. The Hall–Kier alpha value is -1.59. The van der Waals surface area contributed by atoms with Crippen LogP contribution in [-0.4, -0.2) is 23.9 Å². The average Bonchev–Trinajstić information content (AvgIpc) is 2.92. The van der Waals surface area contributed by atoms with Crippen molar-refractivity contribution in [2.75, 3.05) is 0 Å². The van der Waals surface area contributed by atoms with Crippen LogP contribution in [0.1, 0.15) is 31.7 Å². The molecule has 5 nitrogen and oxygen atoms in total. The van der Waals surface area contributed by atoms with Crippen molar-refractivity contribution in [3.8, 4) is 0 Å². The van der Waals surface area contributed by atoms with E-state index in [-0.39, 0.29) is 36.2 Å². The molecule has 1 saturated carbocycles. The Morgan fingerprint density at radius 1 is 1.27 bits per heavy atom. The zero-order valence-electron chi connectivity index (χ0n) is 12.7. The van der Waals surface area contributed by atoms with Crippen LogP contribution in [-0.2, 0) is 16.1 Å². The van der Waals surface area contributed by atoms with E-state index in [9.17, 15) is 9.59 Å². The van der Waals surface area contributed by atoms with Gasteiger partial charge in [-0.3, -0.25) is 9.59 Å². The van der Waals surface area contributed by atoms with Crippen LogP contribution in [0.4, 0.5) is 0 Å². The van der Waals surface area contributed by atoms with Crippen LogP contribution in [0.15, 0.2) is 30.3 Å². The largest absolute Gasteiger partial charge is 0.350 e. The van der Waals surface area contributed by atoms with Gasteiger partial charge in [-0.2, -0.15) is 0 Å². The quantitative estimate of drug-likeness (QED) is 0.764. The highest BCUT2D eigenvalue weighted by Crippen LogP contribution is 2.24. The first-order valence-electron chi connectivity index (χ1n) is 7.44. The van der Waals surface area contributed by atoms with Gasteiger partial charge in [0.25, 0.3) is 0 Å². The number of amides is 2. The molecular formula is C16H24ClN3O2. The van der Waals surface area contributed by atoms with Crippen molar-refractivity contribution in [3.05, 3.63) is 35.9 Å². The molecule has 2 amide bonds. The highest BCUT2D eigenvalue weighted by molar-refractivity contribution is 5.88. The van der Waals surface area contributed by atoms with Gasteiger partial charge >= 0.3 is 0 Å². The summed E-state index contributed by atoms with van der Waals surface area (Å²) in [6, 6.07) is 9.26. The molecule has 1 aromatic rings. The second-order valence-electron chi connectivity index (χ2n) is 5.70. The number of nitrogens with two attached hydrogens (primary N) is 1. The summed E-state index contributed by atoms with van der Waals surface area (Å²) in [5.41, 5.74) is 6.84. The number of hydrogen-bond acceptors (Lipinski definition) is 3. The lowest BCUT2D eigenvalue weighted by Gasteiger charge is -2.17. The Morgan fingerprint density at radius 2 is 1.95 bits per heavy atom. The first kappa shape index (κ1) is 18.5. The molecule has 4 N–H and O–H groups in total. The van der Waals surface area contributed by atoms with Crippen LogP contribution < -0.4 is 16.4 Å². The number of benzene rings is 1. The van der Waals surface area contributed by atoms with Crippen molar-refractivity contribution < 1.29 is 9.59 Å². The van der Waals surface area contributed by atoms with E-state index in [4.69, 9.17) is 5.73 Å². The van der Waals surface area contributed by atoms with Crippen LogP contribution >= 0.6 is 12.4 Å². The van der Waals surface area contributed by atoms with Gasteiger partial charge in [-0.1, -0.05) is 30.3 Å². The number of hydrogen-bond donors (Lipinski definition) is 3. The summed E-state index contributed by atoms with van der Waals surface area (Å²) in [6.07, 6.45) is 2.40. The van der Waals surface area contributed by atoms with E-state index < -0.39 is 6.04 Å². The van der Waals surface area contributed by atoms with Gasteiger partial charge in [0.05, 0.1) is 0 Å². The fourth-order valence-corrected chi connectivity index (χ4v) is 2.59. The maximum Gasteiger partial charge on any atom is 0.242 e. The highest BCUT2D eigenvalue weighted by Gasteiger charge is 2.29. The van der Waals surface area contributed by atoms with Crippen LogP contribution in [0.25, 0.3) is 0 Å². The third kappa shape index (κ3) is 5.31. The SMILES string of the molecule is CC(NC(=O)C1CCC(N)C1)C(=O)NCc1ccccc1.Cl. The number of halogens is 1. The molecule has 0 bridgehead atoms. The molecule has 3 atom stereocenters. The molecule has 0 spiro atoms. The third-order valence-electron chi connectivity index (χ3n) is 3.91. The van der Waals surface area contributed by atoms with Crippen LogP contribution in [0.5, 0.6) is 0 Å². The van der Waals surface area contributed by atoms with Crippen molar-refractivity contribution in [1.82, 2.24) is 10.6 Å². The first-order chi connectivity index (χ1) is 10.1. The normalized spacial score (nSPS) is 21.5. The Kier molecular flexibility index (Phi) is 7.35. The highest BCUT2D eigenvalue weighted by atomic mass is 35.5. The summed E-state index contributed by atoms with van der Waals surface area (Å²) in [7, 11) is 0. The molecule has 2 rings (SSSR count). The van der Waals surface area contributed by atoms with Crippen molar-refractivity contribution in [3.63, 3.8) is 0 Å². The predicted molar refractivity (Wildman–Crippen MR) is 88.5 cm³/mol. The molecular weight excluding hydrogens is 302 g/mol. The smallest absolute Gasteiger partial charge is 0.242 e. The van der Waals surface area contributed by atoms with Crippen molar-refractivity contribution in [2.24, 2.45) is 11.7 Å². The van der Waals surface area contributed by atoms with Gasteiger partial charge in [-0.25, -0.2) is 0 Å². The molecule has 0 aromatic heterocycles. The summed E-state index contributed by atoms with van der Waals surface area (Å²) in [5.74, 6) is -0.288. The molecule has 1 aliphatic carbocycles. The number of nitrogens with one attached hydrogen (secondary N) is 2. The molecule has 1 aliphatic rings. The van der Waals surface area contributed by atoms with Crippen LogP contribution in [0.3, 0.4) is 0 Å². The van der Waals surface area contributed by atoms with Crippen LogP contribution in [0, 0.1) is 5.92 Å². The Bertz CT molecular complexity index is 495. The van der Waals surface area contributed by atoms with Crippen LogP contribution in [0.2, 0.25) is 0 Å². The molecule has 3 unspecified atom stereocenters. The lowest BCUT2D eigenvalue weighted by atomic mass is 10.1. The maximum atomic E-state index is 12.0. The second-order valence-corrected chi connectivity index (χ2v) is 5.70. The van der Waals surface area contributed by atoms with Gasteiger partial charge < -0.3 is 16.4 Å². The molecule has 0 radical (unpaired) electrons. The van der Waals surface area contributed by atoms with E-state index in [0.717, 1.165) is 18.4 Å². The zero-order valence-corrected chi connectivity index (χ0v) is 13.6. The molecule has 22 heavy (non-hydrogen) atoms. The van der Waals surface area contributed by atoms with Gasteiger partial charge in [0.1, 0.15) is 6.04 Å². The summed E-state index contributed by atoms with van der Waals surface area (Å²) in [5, 5.41) is 5.60. The summed E-state index contributed by atoms with van der Waals surface area (Å²) < 4.78 is 0. The minimum Gasteiger partial charge on any atom is -0.350 e. The number of carbonyl (C=O) groups excluding carboxylic acids is 2. The van der Waals surface area contributed by atoms with Crippen molar-refractivity contribution >= 4 is 24.2 Å². The molecule has 122 valence electrons. The molecule has 0 heterocycles. The summed E-state index contributed by atoms with van der Waals surface area (Å²) in [4.78, 5) is 24.0. The van der Waals surface area contributed by atoms with Gasteiger partial charge in [0.2, 0.25) is 11.8 Å². The van der Waals surface area contributed by atoms with Crippen molar-refractivity contribution in [1.29, 1.82) is 0 Å². The number of rotatable bonds is 5. The average molecular weight is 326 g/mol. The van der Waals surface area contributed by atoms with Gasteiger partial charge in [0.15, 0.2) is 0 Å². The fraction of sp³-hybridized carbons (Fsp3) is 0.500. The standard InChI is InChI=1S/C16H23N3O2.ClH/c1-11(19-16(21)13-7-8-14(17)9-13)15(20)18-10-12-5-3-2-4-6-12;/h2-6,11,13-14H,7-10,17H2,1H3,(H,18,20)(H,19,21);1H. The van der Waals surface area contributed by atoms with Gasteiger partial charge in [-0.15, -0.1) is 12.4 Å².